The quantitative estimate of drug-likeness (QED) is 0.609. The first kappa shape index (κ1) is 26.7. The van der Waals surface area contributed by atoms with Crippen LogP contribution in [0.1, 0.15) is 20.8 Å². The van der Waals surface area contributed by atoms with Crippen molar-refractivity contribution in [1.29, 1.82) is 5.26 Å². The predicted molar refractivity (Wildman–Crippen MR) is 124 cm³/mol. The van der Waals surface area contributed by atoms with E-state index in [0.717, 1.165) is 15.9 Å². The Kier molecular flexibility index (Phi) is 8.64. The van der Waals surface area contributed by atoms with Crippen LogP contribution in [0.5, 0.6) is 0 Å². The van der Waals surface area contributed by atoms with Gasteiger partial charge in [0.1, 0.15) is 21.8 Å². The molecule has 1 heterocycles. The average Bonchev–Trinajstić information content (AvgIpc) is 3.10. The van der Waals surface area contributed by atoms with Crippen LogP contribution >= 0.6 is 11.3 Å². The lowest BCUT2D eigenvalue weighted by atomic mass is 10.1. The molecular weight excluding hydrogens is 471 g/mol. The van der Waals surface area contributed by atoms with Crippen molar-refractivity contribution in [1.82, 2.24) is 9.88 Å². The summed E-state index contributed by atoms with van der Waals surface area (Å²) in [6.07, 6.45) is -3.25. The summed E-state index contributed by atoms with van der Waals surface area (Å²) in [5, 5.41) is 14.0. The van der Waals surface area contributed by atoms with Gasteiger partial charge in [-0.25, -0.2) is 0 Å². The molecule has 12 heteroatoms. The largest absolute Gasteiger partial charge is 0.405 e. The molecule has 0 aliphatic carbocycles. The number of nitrogens with one attached hydrogen (secondary N) is 2. The fourth-order valence-corrected chi connectivity index (χ4v) is 4.01. The number of carbonyl (C=O) groups excluding carboxylic acids is 2. The van der Waals surface area contributed by atoms with E-state index in [1.807, 2.05) is 0 Å². The number of hydrogen-bond donors (Lipinski definition) is 2. The number of nitrogens with zero attached hydrogens (tertiary/aromatic N) is 3. The lowest BCUT2D eigenvalue weighted by Crippen LogP contribution is -2.37. The van der Waals surface area contributed by atoms with E-state index in [1.165, 1.54) is 11.1 Å². The summed E-state index contributed by atoms with van der Waals surface area (Å²) in [5.41, 5.74) is 0.125. The number of alkyl halides is 3. The number of aromatic nitrogens is 1. The number of anilines is 2. The number of carbonyl (C=O) groups is 2. The van der Waals surface area contributed by atoms with E-state index in [9.17, 15) is 32.8 Å². The normalized spacial score (nSPS) is 12.9. The number of benzene rings is 1. The number of rotatable bonds is 7. The SMILES string of the molecule is CCn1c(=C(C#N)C(=O)NCC(F)(F)F)sc(=CNc2cccc(N(C)C(=O)C(C)C)c2)c1=O. The minimum absolute atomic E-state index is 0.0428. The van der Waals surface area contributed by atoms with E-state index in [4.69, 9.17) is 0 Å². The molecular formula is C22H24F3N5O3S. The molecule has 34 heavy (non-hydrogen) atoms. The summed E-state index contributed by atoms with van der Waals surface area (Å²) in [4.78, 5) is 38.7. The fourth-order valence-electron chi connectivity index (χ4n) is 2.92. The first-order valence-electron chi connectivity index (χ1n) is 10.2. The van der Waals surface area contributed by atoms with E-state index in [1.54, 1.807) is 63.5 Å². The number of nitriles is 1. The van der Waals surface area contributed by atoms with E-state index in [0.29, 0.717) is 11.4 Å². The molecule has 182 valence electrons. The van der Waals surface area contributed by atoms with E-state index < -0.39 is 29.8 Å². The van der Waals surface area contributed by atoms with Crippen LogP contribution in [0, 0.1) is 17.2 Å². The van der Waals surface area contributed by atoms with Crippen LogP contribution in [0.15, 0.2) is 29.1 Å². The molecule has 1 aromatic carbocycles. The maximum atomic E-state index is 12.8. The van der Waals surface area contributed by atoms with Gasteiger partial charge in [-0.05, 0) is 25.1 Å². The van der Waals surface area contributed by atoms with Crippen LogP contribution in [0.3, 0.4) is 0 Å². The molecule has 0 fully saturated rings. The minimum atomic E-state index is -4.64. The summed E-state index contributed by atoms with van der Waals surface area (Å²) in [6, 6.07) is 8.51. The van der Waals surface area contributed by atoms with Crippen LogP contribution in [-0.2, 0) is 16.1 Å². The Hall–Kier alpha value is -3.59. The molecule has 0 aliphatic heterocycles. The highest BCUT2D eigenvalue weighted by atomic mass is 32.1. The zero-order valence-corrected chi connectivity index (χ0v) is 19.8. The standard InChI is InChI=1S/C22H24F3N5O3S/c1-5-30-20(33)17(34-21(30)16(10-26)18(31)28-12-22(23,24)25)11-27-14-7-6-8-15(9-14)29(4)19(32)13(2)3/h6-9,11,13,27H,5,12H2,1-4H3,(H,28,31). The van der Waals surface area contributed by atoms with Crippen molar-refractivity contribution in [3.8, 4) is 6.07 Å². The summed E-state index contributed by atoms with van der Waals surface area (Å²) in [7, 11) is 1.65. The second kappa shape index (κ2) is 11.0. The Morgan fingerprint density at radius 3 is 2.56 bits per heavy atom. The van der Waals surface area contributed by atoms with Crippen LogP contribution in [0.2, 0.25) is 0 Å². The van der Waals surface area contributed by atoms with Crippen molar-refractivity contribution in [2.24, 2.45) is 5.92 Å². The molecule has 2 N–H and O–H groups in total. The molecule has 0 spiro atoms. The van der Waals surface area contributed by atoms with Crippen LogP contribution in [-0.4, -0.2) is 36.2 Å². The molecule has 0 unspecified atom stereocenters. The van der Waals surface area contributed by atoms with Gasteiger partial charge in [0.15, 0.2) is 5.57 Å². The highest BCUT2D eigenvalue weighted by Crippen LogP contribution is 2.20. The number of thiazole rings is 1. The maximum absolute atomic E-state index is 12.8. The van der Waals surface area contributed by atoms with Gasteiger partial charge in [-0.2, -0.15) is 18.4 Å². The van der Waals surface area contributed by atoms with Crippen molar-refractivity contribution in [3.63, 3.8) is 0 Å². The zero-order valence-electron chi connectivity index (χ0n) is 19.0. The number of hydrogen-bond acceptors (Lipinski definition) is 6. The van der Waals surface area contributed by atoms with Gasteiger partial charge >= 0.3 is 6.18 Å². The highest BCUT2D eigenvalue weighted by Gasteiger charge is 2.29. The summed E-state index contributed by atoms with van der Waals surface area (Å²) >= 11 is 0.810. The molecule has 1 aromatic heterocycles. The Bertz CT molecular complexity index is 1290. The summed E-state index contributed by atoms with van der Waals surface area (Å²) in [6.45, 7) is 3.70. The average molecular weight is 496 g/mol. The van der Waals surface area contributed by atoms with Gasteiger partial charge in [-0.3, -0.25) is 19.0 Å². The lowest BCUT2D eigenvalue weighted by molar-refractivity contribution is -0.135. The number of amides is 2. The minimum Gasteiger partial charge on any atom is -0.360 e. The third-order valence-corrected chi connectivity index (χ3v) is 5.78. The molecule has 0 saturated heterocycles. The summed E-state index contributed by atoms with van der Waals surface area (Å²) in [5.74, 6) is -1.48. The van der Waals surface area contributed by atoms with Crippen molar-refractivity contribution < 1.29 is 22.8 Å². The molecule has 2 aromatic rings. The first-order chi connectivity index (χ1) is 15.9. The van der Waals surface area contributed by atoms with Crippen molar-refractivity contribution >= 4 is 46.3 Å². The molecule has 0 aliphatic rings. The molecule has 2 rings (SSSR count). The van der Waals surface area contributed by atoms with E-state index in [2.05, 4.69) is 5.32 Å². The molecule has 0 radical (unpaired) electrons. The van der Waals surface area contributed by atoms with Crippen LogP contribution in [0.25, 0.3) is 11.8 Å². The number of halogens is 3. The second-order valence-corrected chi connectivity index (χ2v) is 8.53. The molecule has 2 amide bonds. The first-order valence-corrected chi connectivity index (χ1v) is 11.0. The Morgan fingerprint density at radius 2 is 2.00 bits per heavy atom. The van der Waals surface area contributed by atoms with Gasteiger partial charge in [0.05, 0.1) is 0 Å². The third-order valence-electron chi connectivity index (χ3n) is 4.65. The maximum Gasteiger partial charge on any atom is 0.405 e. The lowest BCUT2D eigenvalue weighted by Gasteiger charge is -2.20. The Labute approximate surface area is 197 Å². The third kappa shape index (κ3) is 6.48. The molecule has 8 nitrogen and oxygen atoms in total. The van der Waals surface area contributed by atoms with Crippen LogP contribution < -0.4 is 30.3 Å². The van der Waals surface area contributed by atoms with Crippen LogP contribution in [0.4, 0.5) is 24.5 Å². The fraction of sp³-hybridized carbons (Fsp3) is 0.364. The van der Waals surface area contributed by atoms with Crippen molar-refractivity contribution in [3.05, 3.63) is 43.8 Å². The Balaban J connectivity index is 2.45. The summed E-state index contributed by atoms with van der Waals surface area (Å²) < 4.78 is 38.5. The zero-order chi connectivity index (χ0) is 25.6. The van der Waals surface area contributed by atoms with Gasteiger partial charge in [0, 0.05) is 37.1 Å². The van der Waals surface area contributed by atoms with Gasteiger partial charge < -0.3 is 15.5 Å². The highest BCUT2D eigenvalue weighted by molar-refractivity contribution is 7.07. The smallest absolute Gasteiger partial charge is 0.360 e. The van der Waals surface area contributed by atoms with Crippen molar-refractivity contribution in [2.75, 3.05) is 23.8 Å². The van der Waals surface area contributed by atoms with Gasteiger partial charge in [0.25, 0.3) is 11.5 Å². The Morgan fingerprint density at radius 1 is 1.32 bits per heavy atom. The van der Waals surface area contributed by atoms with Gasteiger partial charge in [-0.1, -0.05) is 19.9 Å². The second-order valence-electron chi connectivity index (χ2n) is 7.50. The molecule has 0 atom stereocenters. The molecule has 0 saturated carbocycles. The topological polar surface area (TPSA) is 107 Å². The van der Waals surface area contributed by atoms with E-state index in [-0.39, 0.29) is 27.6 Å². The predicted octanol–water partition coefficient (Wildman–Crippen LogP) is 1.75. The van der Waals surface area contributed by atoms with E-state index >= 15 is 0 Å². The monoisotopic (exact) mass is 495 g/mol. The van der Waals surface area contributed by atoms with Crippen molar-refractivity contribution in [2.45, 2.75) is 33.5 Å². The van der Waals surface area contributed by atoms with Gasteiger partial charge in [-0.15, -0.1) is 11.3 Å². The van der Waals surface area contributed by atoms with Gasteiger partial charge in [0.2, 0.25) is 5.91 Å². The molecule has 0 bridgehead atoms.